The van der Waals surface area contributed by atoms with Crippen molar-refractivity contribution in [1.82, 2.24) is 18.8 Å². The van der Waals surface area contributed by atoms with Gasteiger partial charge in [-0.1, -0.05) is 26.0 Å². The molecule has 0 fully saturated rings. The standard InChI is InChI=1S/C19H20N4O5S2/c1-11(2)17(19(24)20-9-12-6-7-14-15(8-12)28-10-27-14)23-30(25,26)16-5-3-4-13-18(16)22-29-21-13/h3-8,11,17,23H,9-10H2,1-2H3,(H,20,24). The SMILES string of the molecule is CC(C)C(NS(=O)(=O)c1cccc2nsnc12)C(=O)NCc1ccc2c(c1)OCO2. The molecule has 1 aromatic heterocycles. The van der Waals surface area contributed by atoms with Gasteiger partial charge in [-0.15, -0.1) is 0 Å². The van der Waals surface area contributed by atoms with E-state index in [1.807, 2.05) is 6.07 Å². The number of ether oxygens (including phenoxy) is 2. The number of hydrogen-bond acceptors (Lipinski definition) is 8. The van der Waals surface area contributed by atoms with E-state index in [1.165, 1.54) is 6.07 Å². The second kappa shape index (κ2) is 8.17. The summed E-state index contributed by atoms with van der Waals surface area (Å²) < 4.78 is 47.2. The number of carbonyl (C=O) groups is 1. The third kappa shape index (κ3) is 4.09. The number of carbonyl (C=O) groups excluding carboxylic acids is 1. The van der Waals surface area contributed by atoms with Crippen molar-refractivity contribution in [1.29, 1.82) is 0 Å². The molecule has 2 heterocycles. The van der Waals surface area contributed by atoms with Crippen LogP contribution in [-0.4, -0.2) is 35.9 Å². The van der Waals surface area contributed by atoms with E-state index in [4.69, 9.17) is 9.47 Å². The first kappa shape index (κ1) is 20.5. The summed E-state index contributed by atoms with van der Waals surface area (Å²) in [6.45, 7) is 3.95. The number of amides is 1. The number of hydrogen-bond donors (Lipinski definition) is 2. The van der Waals surface area contributed by atoms with Gasteiger partial charge in [0.1, 0.15) is 22.0 Å². The molecule has 2 aromatic carbocycles. The second-order valence-corrected chi connectivity index (χ2v) is 9.35. The molecule has 0 aliphatic carbocycles. The third-order valence-corrected chi connectivity index (χ3v) is 6.69. The molecule has 1 amide bonds. The van der Waals surface area contributed by atoms with Crippen LogP contribution in [-0.2, 0) is 21.4 Å². The van der Waals surface area contributed by atoms with Crippen molar-refractivity contribution < 1.29 is 22.7 Å². The quantitative estimate of drug-likeness (QED) is 0.568. The predicted molar refractivity (Wildman–Crippen MR) is 111 cm³/mol. The molecule has 0 bridgehead atoms. The monoisotopic (exact) mass is 448 g/mol. The van der Waals surface area contributed by atoms with Gasteiger partial charge < -0.3 is 14.8 Å². The third-order valence-electron chi connectivity index (χ3n) is 4.67. The lowest BCUT2D eigenvalue weighted by atomic mass is 10.0. The van der Waals surface area contributed by atoms with E-state index in [2.05, 4.69) is 18.8 Å². The fraction of sp³-hybridized carbons (Fsp3) is 0.316. The lowest BCUT2D eigenvalue weighted by Crippen LogP contribution is -2.49. The van der Waals surface area contributed by atoms with Gasteiger partial charge in [0.2, 0.25) is 22.7 Å². The number of fused-ring (bicyclic) bond motifs is 2. The van der Waals surface area contributed by atoms with Crippen LogP contribution in [0.25, 0.3) is 11.0 Å². The molecule has 1 unspecified atom stereocenters. The summed E-state index contributed by atoms with van der Waals surface area (Å²) in [4.78, 5) is 12.8. The summed E-state index contributed by atoms with van der Waals surface area (Å²) >= 11 is 0.938. The van der Waals surface area contributed by atoms with Gasteiger partial charge in [0, 0.05) is 6.54 Å². The maximum atomic E-state index is 13.0. The van der Waals surface area contributed by atoms with E-state index in [1.54, 1.807) is 38.1 Å². The minimum absolute atomic E-state index is 0.00275. The van der Waals surface area contributed by atoms with Crippen LogP contribution in [0.2, 0.25) is 0 Å². The second-order valence-electron chi connectivity index (χ2n) is 7.14. The summed E-state index contributed by atoms with van der Waals surface area (Å²) in [6, 6.07) is 9.16. The molecule has 0 spiro atoms. The van der Waals surface area contributed by atoms with Gasteiger partial charge in [-0.2, -0.15) is 13.5 Å². The van der Waals surface area contributed by atoms with E-state index in [0.29, 0.717) is 22.5 Å². The molecule has 158 valence electrons. The van der Waals surface area contributed by atoms with Crippen LogP contribution in [0.4, 0.5) is 0 Å². The first-order valence-corrected chi connectivity index (χ1v) is 11.5. The highest BCUT2D eigenvalue weighted by Crippen LogP contribution is 2.32. The normalized spacial score (nSPS) is 14.2. The van der Waals surface area contributed by atoms with E-state index in [-0.39, 0.29) is 24.2 Å². The maximum Gasteiger partial charge on any atom is 0.243 e. The number of nitrogens with zero attached hydrogens (tertiary/aromatic N) is 2. The van der Waals surface area contributed by atoms with Crippen LogP contribution < -0.4 is 19.5 Å². The van der Waals surface area contributed by atoms with Crippen molar-refractivity contribution in [2.75, 3.05) is 6.79 Å². The lowest BCUT2D eigenvalue weighted by Gasteiger charge is -2.21. The number of aromatic nitrogens is 2. The molecule has 11 heteroatoms. The summed E-state index contributed by atoms with van der Waals surface area (Å²) in [5.41, 5.74) is 1.60. The fourth-order valence-electron chi connectivity index (χ4n) is 3.07. The Hall–Kier alpha value is -2.76. The van der Waals surface area contributed by atoms with Gasteiger partial charge in [0.25, 0.3) is 0 Å². The predicted octanol–water partition coefficient (Wildman–Crippen LogP) is 2.04. The van der Waals surface area contributed by atoms with Crippen LogP contribution >= 0.6 is 11.7 Å². The van der Waals surface area contributed by atoms with Gasteiger partial charge in [0.15, 0.2) is 11.5 Å². The number of benzene rings is 2. The summed E-state index contributed by atoms with van der Waals surface area (Å²) in [7, 11) is -3.98. The molecule has 3 aromatic rings. The van der Waals surface area contributed by atoms with Gasteiger partial charge >= 0.3 is 0 Å². The molecule has 9 nitrogen and oxygen atoms in total. The van der Waals surface area contributed by atoms with Crippen LogP contribution in [0.5, 0.6) is 11.5 Å². The molecule has 2 N–H and O–H groups in total. The maximum absolute atomic E-state index is 13.0. The van der Waals surface area contributed by atoms with Gasteiger partial charge in [0.05, 0.1) is 11.7 Å². The van der Waals surface area contributed by atoms with Gasteiger partial charge in [-0.05, 0) is 35.7 Å². The molecule has 4 rings (SSSR count). The van der Waals surface area contributed by atoms with Crippen molar-refractivity contribution >= 4 is 38.7 Å². The van der Waals surface area contributed by atoms with Gasteiger partial charge in [-0.3, -0.25) is 4.79 Å². The average molecular weight is 449 g/mol. The molecule has 30 heavy (non-hydrogen) atoms. The number of sulfonamides is 1. The Balaban J connectivity index is 1.49. The summed E-state index contributed by atoms with van der Waals surface area (Å²) in [6.07, 6.45) is 0. The van der Waals surface area contributed by atoms with Crippen molar-refractivity contribution in [3.8, 4) is 11.5 Å². The van der Waals surface area contributed by atoms with Crippen LogP contribution in [0.1, 0.15) is 19.4 Å². The molecule has 0 radical (unpaired) electrons. The van der Waals surface area contributed by atoms with E-state index in [9.17, 15) is 13.2 Å². The summed E-state index contributed by atoms with van der Waals surface area (Å²) in [5.74, 6) is 0.579. The highest BCUT2D eigenvalue weighted by Gasteiger charge is 2.30. The highest BCUT2D eigenvalue weighted by molar-refractivity contribution is 7.89. The molecule has 0 saturated heterocycles. The minimum atomic E-state index is -3.98. The molecular weight excluding hydrogens is 428 g/mol. The zero-order chi connectivity index (χ0) is 21.3. The Kier molecular flexibility index (Phi) is 5.58. The van der Waals surface area contributed by atoms with Crippen molar-refractivity contribution in [3.63, 3.8) is 0 Å². The molecule has 1 atom stereocenters. The Morgan fingerprint density at radius 2 is 1.97 bits per heavy atom. The molecule has 1 aliphatic heterocycles. The van der Waals surface area contributed by atoms with Crippen molar-refractivity contribution in [3.05, 3.63) is 42.0 Å². The Morgan fingerprint density at radius 3 is 2.77 bits per heavy atom. The number of rotatable bonds is 7. The Bertz CT molecular complexity index is 1190. The first-order valence-electron chi connectivity index (χ1n) is 9.25. The van der Waals surface area contributed by atoms with Crippen molar-refractivity contribution in [2.45, 2.75) is 31.3 Å². The topological polar surface area (TPSA) is 120 Å². The van der Waals surface area contributed by atoms with Crippen LogP contribution in [0, 0.1) is 5.92 Å². The fourth-order valence-corrected chi connectivity index (χ4v) is 5.18. The zero-order valence-corrected chi connectivity index (χ0v) is 17.9. The summed E-state index contributed by atoms with van der Waals surface area (Å²) in [5, 5.41) is 2.79. The van der Waals surface area contributed by atoms with Crippen molar-refractivity contribution in [2.24, 2.45) is 5.92 Å². The Morgan fingerprint density at radius 1 is 1.17 bits per heavy atom. The first-order chi connectivity index (χ1) is 14.3. The van der Waals surface area contributed by atoms with E-state index >= 15 is 0 Å². The lowest BCUT2D eigenvalue weighted by molar-refractivity contribution is -0.123. The van der Waals surface area contributed by atoms with Crippen LogP contribution in [0.15, 0.2) is 41.3 Å². The molecule has 1 aliphatic rings. The molecule has 0 saturated carbocycles. The number of nitrogens with one attached hydrogen (secondary N) is 2. The minimum Gasteiger partial charge on any atom is -0.454 e. The Labute approximate surface area is 177 Å². The molecular formula is C19H20N4O5S2. The average Bonchev–Trinajstić information content (AvgIpc) is 3.38. The van der Waals surface area contributed by atoms with Crippen LogP contribution in [0.3, 0.4) is 0 Å². The smallest absolute Gasteiger partial charge is 0.243 e. The zero-order valence-electron chi connectivity index (χ0n) is 16.3. The van der Waals surface area contributed by atoms with E-state index in [0.717, 1.165) is 17.3 Å². The largest absolute Gasteiger partial charge is 0.454 e. The highest BCUT2D eigenvalue weighted by atomic mass is 32.2. The van der Waals surface area contributed by atoms with Gasteiger partial charge in [-0.25, -0.2) is 8.42 Å². The van der Waals surface area contributed by atoms with E-state index < -0.39 is 22.0 Å².